The number of halogens is 3. The molecule has 0 radical (unpaired) electrons. The zero-order valence-corrected chi connectivity index (χ0v) is 7.56. The van der Waals surface area contributed by atoms with Gasteiger partial charge in [0.05, 0.1) is 12.3 Å². The van der Waals surface area contributed by atoms with Crippen molar-refractivity contribution in [1.82, 2.24) is 0 Å². The van der Waals surface area contributed by atoms with Crippen molar-refractivity contribution in [2.75, 3.05) is 0 Å². The van der Waals surface area contributed by atoms with Crippen LogP contribution in [0.25, 0.3) is 0 Å². The molecule has 2 nitrogen and oxygen atoms in total. The Labute approximate surface area is 74.7 Å². The molecule has 0 fully saturated rings. The molecule has 5 heteroatoms. The molecule has 0 aliphatic carbocycles. The molecule has 0 bridgehead atoms. The quantitative estimate of drug-likeness (QED) is 0.754. The summed E-state index contributed by atoms with van der Waals surface area (Å²) in [5, 5.41) is 8.49. The van der Waals surface area contributed by atoms with Gasteiger partial charge >= 0.3 is 12.1 Å². The summed E-state index contributed by atoms with van der Waals surface area (Å²) >= 11 is 0. The predicted octanol–water partition coefficient (Wildman–Crippen LogP) is 2.69. The molecule has 1 atom stereocenters. The first-order chi connectivity index (χ1) is 5.72. The van der Waals surface area contributed by atoms with E-state index in [1.165, 1.54) is 0 Å². The van der Waals surface area contributed by atoms with E-state index < -0.39 is 24.5 Å². The Morgan fingerprint density at radius 1 is 1.38 bits per heavy atom. The van der Waals surface area contributed by atoms with E-state index in [1.807, 2.05) is 0 Å². The molecule has 0 aromatic carbocycles. The van der Waals surface area contributed by atoms with Crippen LogP contribution in [0.1, 0.15) is 26.7 Å². The second-order valence-electron chi connectivity index (χ2n) is 3.48. The third kappa shape index (κ3) is 6.42. The molecule has 0 aromatic rings. The lowest BCUT2D eigenvalue weighted by molar-refractivity contribution is -0.164. The molecular weight excluding hydrogens is 185 g/mol. The summed E-state index contributed by atoms with van der Waals surface area (Å²) in [5.74, 6) is -2.71. The number of carbonyl (C=O) groups is 1. The van der Waals surface area contributed by atoms with Crippen LogP contribution >= 0.6 is 0 Å². The van der Waals surface area contributed by atoms with Crippen LogP contribution in [0, 0.1) is 11.8 Å². The zero-order chi connectivity index (χ0) is 10.6. The summed E-state index contributed by atoms with van der Waals surface area (Å²) < 4.78 is 35.6. The highest BCUT2D eigenvalue weighted by atomic mass is 19.4. The van der Waals surface area contributed by atoms with Crippen molar-refractivity contribution in [3.05, 3.63) is 0 Å². The van der Waals surface area contributed by atoms with Gasteiger partial charge in [-0.3, -0.25) is 4.79 Å². The summed E-state index contributed by atoms with van der Waals surface area (Å²) in [5.41, 5.74) is 0. The van der Waals surface area contributed by atoms with Crippen molar-refractivity contribution < 1.29 is 23.1 Å². The van der Waals surface area contributed by atoms with E-state index in [0.29, 0.717) is 0 Å². The highest BCUT2D eigenvalue weighted by Crippen LogP contribution is 2.28. The van der Waals surface area contributed by atoms with Crippen LogP contribution in [0.5, 0.6) is 0 Å². The fourth-order valence-corrected chi connectivity index (χ4v) is 1.12. The van der Waals surface area contributed by atoms with E-state index in [9.17, 15) is 18.0 Å². The van der Waals surface area contributed by atoms with Crippen molar-refractivity contribution in [2.45, 2.75) is 32.9 Å². The maximum Gasteiger partial charge on any atom is 0.389 e. The minimum atomic E-state index is -4.39. The van der Waals surface area contributed by atoms with Crippen molar-refractivity contribution in [1.29, 1.82) is 0 Å². The maximum absolute atomic E-state index is 11.9. The van der Waals surface area contributed by atoms with Gasteiger partial charge in [0.25, 0.3) is 0 Å². The number of hydrogen-bond donors (Lipinski definition) is 1. The Kier molecular flexibility index (Phi) is 4.23. The second-order valence-corrected chi connectivity index (χ2v) is 3.48. The van der Waals surface area contributed by atoms with Crippen LogP contribution in [-0.4, -0.2) is 17.3 Å². The van der Waals surface area contributed by atoms with Gasteiger partial charge in [0.2, 0.25) is 0 Å². The van der Waals surface area contributed by atoms with Crippen molar-refractivity contribution in [3.8, 4) is 0 Å². The molecule has 0 heterocycles. The first-order valence-corrected chi connectivity index (χ1v) is 4.02. The van der Waals surface area contributed by atoms with Gasteiger partial charge in [-0.05, 0) is 12.3 Å². The number of carboxylic acid groups (broad SMARTS) is 1. The Morgan fingerprint density at radius 3 is 2.08 bits per heavy atom. The topological polar surface area (TPSA) is 37.3 Å². The van der Waals surface area contributed by atoms with Crippen LogP contribution in [0.15, 0.2) is 0 Å². The molecule has 0 aliphatic heterocycles. The zero-order valence-electron chi connectivity index (χ0n) is 7.56. The van der Waals surface area contributed by atoms with Crippen LogP contribution in [0.2, 0.25) is 0 Å². The minimum absolute atomic E-state index is 0.0385. The summed E-state index contributed by atoms with van der Waals surface area (Å²) in [6, 6.07) is 0. The van der Waals surface area contributed by atoms with Crippen molar-refractivity contribution in [3.63, 3.8) is 0 Å². The van der Waals surface area contributed by atoms with Gasteiger partial charge < -0.3 is 5.11 Å². The predicted molar refractivity (Wildman–Crippen MR) is 41.3 cm³/mol. The first kappa shape index (κ1) is 12.3. The Hall–Kier alpha value is -0.740. The molecule has 0 unspecified atom stereocenters. The maximum atomic E-state index is 11.9. The van der Waals surface area contributed by atoms with E-state index in [1.54, 1.807) is 13.8 Å². The Balaban J connectivity index is 4.19. The normalized spacial score (nSPS) is 14.6. The number of carboxylic acids is 1. The summed E-state index contributed by atoms with van der Waals surface area (Å²) in [7, 11) is 0. The van der Waals surface area contributed by atoms with Gasteiger partial charge in [-0.15, -0.1) is 0 Å². The second kappa shape index (κ2) is 4.48. The van der Waals surface area contributed by atoms with Gasteiger partial charge in [0.15, 0.2) is 0 Å². The highest BCUT2D eigenvalue weighted by Gasteiger charge is 2.35. The summed E-state index contributed by atoms with van der Waals surface area (Å²) in [4.78, 5) is 10.4. The molecule has 0 amide bonds. The molecule has 0 saturated heterocycles. The average Bonchev–Trinajstić information content (AvgIpc) is 1.81. The molecule has 0 spiro atoms. The minimum Gasteiger partial charge on any atom is -0.481 e. The molecule has 0 aromatic heterocycles. The number of hydrogen-bond acceptors (Lipinski definition) is 1. The monoisotopic (exact) mass is 198 g/mol. The average molecular weight is 198 g/mol. The Morgan fingerprint density at radius 2 is 1.85 bits per heavy atom. The van der Waals surface area contributed by atoms with E-state index in [0.717, 1.165) is 0 Å². The molecule has 78 valence electrons. The van der Waals surface area contributed by atoms with Crippen LogP contribution in [0.3, 0.4) is 0 Å². The number of alkyl halides is 3. The molecular formula is C8H13F3O2. The lowest BCUT2D eigenvalue weighted by Crippen LogP contribution is -2.23. The van der Waals surface area contributed by atoms with Crippen molar-refractivity contribution >= 4 is 5.97 Å². The number of rotatable bonds is 4. The van der Waals surface area contributed by atoms with E-state index in [4.69, 9.17) is 5.11 Å². The first-order valence-electron chi connectivity index (χ1n) is 4.02. The molecule has 0 saturated carbocycles. The van der Waals surface area contributed by atoms with E-state index in [2.05, 4.69) is 0 Å². The smallest absolute Gasteiger partial charge is 0.389 e. The standard InChI is InChI=1S/C8H13F3O2/c1-5(2)3-6(7(12)13)4-8(9,10)11/h5-6H,3-4H2,1-2H3,(H,12,13)/t6-/m0/s1. The van der Waals surface area contributed by atoms with Crippen LogP contribution < -0.4 is 0 Å². The fraction of sp³-hybridized carbons (Fsp3) is 0.875. The van der Waals surface area contributed by atoms with Gasteiger partial charge in [-0.25, -0.2) is 0 Å². The third-order valence-corrected chi connectivity index (χ3v) is 1.58. The molecule has 0 aliphatic rings. The van der Waals surface area contributed by atoms with Crippen molar-refractivity contribution in [2.24, 2.45) is 11.8 Å². The van der Waals surface area contributed by atoms with E-state index in [-0.39, 0.29) is 12.3 Å². The van der Waals surface area contributed by atoms with Crippen LogP contribution in [0.4, 0.5) is 13.2 Å². The van der Waals surface area contributed by atoms with Gasteiger partial charge in [-0.1, -0.05) is 13.8 Å². The van der Waals surface area contributed by atoms with Gasteiger partial charge in [-0.2, -0.15) is 13.2 Å². The van der Waals surface area contributed by atoms with Gasteiger partial charge in [0, 0.05) is 0 Å². The largest absolute Gasteiger partial charge is 0.481 e. The van der Waals surface area contributed by atoms with Gasteiger partial charge in [0.1, 0.15) is 0 Å². The molecule has 0 rings (SSSR count). The number of aliphatic carboxylic acids is 1. The molecule has 1 N–H and O–H groups in total. The summed E-state index contributed by atoms with van der Waals surface area (Å²) in [6.45, 7) is 3.40. The highest BCUT2D eigenvalue weighted by molar-refractivity contribution is 5.70. The summed E-state index contributed by atoms with van der Waals surface area (Å²) in [6.07, 6.45) is -5.56. The van der Waals surface area contributed by atoms with E-state index >= 15 is 0 Å². The SMILES string of the molecule is CC(C)C[C@@H](CC(F)(F)F)C(=O)O. The fourth-order valence-electron chi connectivity index (χ4n) is 1.12. The lowest BCUT2D eigenvalue weighted by atomic mass is 9.94. The third-order valence-electron chi connectivity index (χ3n) is 1.58. The van der Waals surface area contributed by atoms with Crippen LogP contribution in [-0.2, 0) is 4.79 Å². The molecule has 13 heavy (non-hydrogen) atoms. The lowest BCUT2D eigenvalue weighted by Gasteiger charge is -2.16. The Bertz CT molecular complexity index is 175.